The third kappa shape index (κ3) is 4.31. The number of methoxy groups -OCH3 is 1. The molecule has 1 aliphatic rings. The van der Waals surface area contributed by atoms with Gasteiger partial charge in [0, 0.05) is 19.3 Å². The van der Waals surface area contributed by atoms with E-state index < -0.39 is 17.0 Å². The summed E-state index contributed by atoms with van der Waals surface area (Å²) in [5, 5.41) is 15.9. The van der Waals surface area contributed by atoms with Crippen molar-refractivity contribution in [3.63, 3.8) is 0 Å². The molecule has 2 aromatic carbocycles. The van der Waals surface area contributed by atoms with Gasteiger partial charge < -0.3 is 25.4 Å². The number of hydrogen-bond acceptors (Lipinski definition) is 8. The third-order valence-electron chi connectivity index (χ3n) is 5.86. The molecule has 0 unspecified atom stereocenters. The predicted molar refractivity (Wildman–Crippen MR) is 125 cm³/mol. The zero-order valence-electron chi connectivity index (χ0n) is 18.5. The highest BCUT2D eigenvalue weighted by molar-refractivity contribution is 5.97. The van der Waals surface area contributed by atoms with Gasteiger partial charge in [0.1, 0.15) is 11.4 Å². The number of β-amino-alcohol motifs (C(OH)–C–C–N with tert-alkyl or cyclic N) is 1. The van der Waals surface area contributed by atoms with Crippen LogP contribution in [0.2, 0.25) is 0 Å². The van der Waals surface area contributed by atoms with Gasteiger partial charge in [-0.3, -0.25) is 14.4 Å². The Morgan fingerprint density at radius 3 is 2.58 bits per heavy atom. The average molecular weight is 450 g/mol. The van der Waals surface area contributed by atoms with E-state index in [1.165, 1.54) is 18.2 Å². The maximum atomic E-state index is 12.9. The van der Waals surface area contributed by atoms with Crippen molar-refractivity contribution in [1.29, 1.82) is 0 Å². The topological polar surface area (TPSA) is 121 Å². The van der Waals surface area contributed by atoms with Gasteiger partial charge in [-0.2, -0.15) is 0 Å². The summed E-state index contributed by atoms with van der Waals surface area (Å²) in [6, 6.07) is 11.1. The van der Waals surface area contributed by atoms with Gasteiger partial charge in [0.05, 0.1) is 24.9 Å². The first-order valence-electron chi connectivity index (χ1n) is 10.9. The van der Waals surface area contributed by atoms with E-state index in [0.29, 0.717) is 25.1 Å². The lowest BCUT2D eigenvalue weighted by Crippen LogP contribution is -2.37. The highest BCUT2D eigenvalue weighted by Crippen LogP contribution is 2.33. The number of aliphatic hydroxyl groups excluding tert-OH is 1. The molecule has 2 heterocycles. The summed E-state index contributed by atoms with van der Waals surface area (Å²) in [6.45, 7) is 2.64. The van der Waals surface area contributed by atoms with Gasteiger partial charge >= 0.3 is 0 Å². The number of nitrogens with zero attached hydrogens (tertiary/aromatic N) is 2. The Balaban J connectivity index is 1.61. The Bertz CT molecular complexity index is 1220. The number of carbonyl (C=O) groups is 1. The van der Waals surface area contributed by atoms with Gasteiger partial charge in [0.25, 0.3) is 16.8 Å². The van der Waals surface area contributed by atoms with Crippen LogP contribution in [-0.2, 0) is 0 Å². The van der Waals surface area contributed by atoms with Crippen LogP contribution in [0.15, 0.2) is 52.2 Å². The highest BCUT2D eigenvalue weighted by Gasteiger charge is 2.30. The molecular formula is C24H26N4O5. The van der Waals surface area contributed by atoms with E-state index in [9.17, 15) is 19.5 Å². The van der Waals surface area contributed by atoms with Crippen LogP contribution in [0, 0.1) is 0 Å². The fourth-order valence-corrected chi connectivity index (χ4v) is 4.05. The summed E-state index contributed by atoms with van der Waals surface area (Å²) in [7, 11) is 1.40. The molecule has 2 atom stereocenters. The van der Waals surface area contributed by atoms with Crippen LogP contribution in [0.3, 0.4) is 0 Å². The number of hydrogen-bond donors (Lipinski definition) is 3. The quantitative estimate of drug-likeness (QED) is 0.447. The molecule has 3 N–H and O–H groups in total. The third-order valence-corrected chi connectivity index (χ3v) is 5.86. The van der Waals surface area contributed by atoms with E-state index in [1.54, 1.807) is 6.07 Å². The van der Waals surface area contributed by atoms with Crippen molar-refractivity contribution in [2.24, 2.45) is 0 Å². The van der Waals surface area contributed by atoms with Gasteiger partial charge in [0.2, 0.25) is 0 Å². The maximum absolute atomic E-state index is 12.9. The molecule has 9 heteroatoms. The summed E-state index contributed by atoms with van der Waals surface area (Å²) in [5.41, 5.74) is 0.497. The van der Waals surface area contributed by atoms with E-state index in [4.69, 9.17) is 4.74 Å². The minimum absolute atomic E-state index is 0.0699. The summed E-state index contributed by atoms with van der Waals surface area (Å²) in [4.78, 5) is 43.3. The Morgan fingerprint density at radius 2 is 1.94 bits per heavy atom. The maximum Gasteiger partial charge on any atom is 0.276 e. The van der Waals surface area contributed by atoms with Gasteiger partial charge in [-0.05, 0) is 24.5 Å². The van der Waals surface area contributed by atoms with E-state index in [-0.39, 0.29) is 41.3 Å². The predicted octanol–water partition coefficient (Wildman–Crippen LogP) is 2.20. The first kappa shape index (κ1) is 22.5. The lowest BCUT2D eigenvalue weighted by molar-refractivity contribution is 0.0755. The van der Waals surface area contributed by atoms with Gasteiger partial charge in [-0.25, -0.2) is 4.98 Å². The molecule has 0 spiro atoms. The Kier molecular flexibility index (Phi) is 6.41. The molecule has 33 heavy (non-hydrogen) atoms. The van der Waals surface area contributed by atoms with Crippen LogP contribution >= 0.6 is 0 Å². The zero-order chi connectivity index (χ0) is 23.5. The number of anilines is 3. The number of aliphatic hydroxyl groups is 1. The minimum Gasteiger partial charge on any atom is -0.492 e. The monoisotopic (exact) mass is 450 g/mol. The molecule has 4 rings (SSSR count). The van der Waals surface area contributed by atoms with E-state index in [2.05, 4.69) is 15.6 Å². The summed E-state index contributed by atoms with van der Waals surface area (Å²) < 4.78 is 5.45. The lowest BCUT2D eigenvalue weighted by Gasteiger charge is -2.23. The molecular weight excluding hydrogens is 424 g/mol. The molecule has 1 fully saturated rings. The molecule has 0 saturated carbocycles. The smallest absolute Gasteiger partial charge is 0.276 e. The molecule has 0 radical (unpaired) electrons. The summed E-state index contributed by atoms with van der Waals surface area (Å²) in [6.07, 6.45) is 2.09. The van der Waals surface area contributed by atoms with Crippen LogP contribution in [0.25, 0.3) is 0 Å². The number of rotatable bonds is 8. The number of carbonyl (C=O) groups excluding carboxylic acids is 1. The van der Waals surface area contributed by atoms with E-state index >= 15 is 0 Å². The Morgan fingerprint density at radius 1 is 1.21 bits per heavy atom. The van der Waals surface area contributed by atoms with Crippen molar-refractivity contribution in [2.45, 2.75) is 31.9 Å². The van der Waals surface area contributed by atoms with Crippen LogP contribution in [0.4, 0.5) is 17.1 Å². The number of likely N-dealkylation sites (tertiary alicyclic amines) is 1. The van der Waals surface area contributed by atoms with Crippen LogP contribution in [0.5, 0.6) is 5.75 Å². The van der Waals surface area contributed by atoms with Crippen molar-refractivity contribution in [3.05, 3.63) is 74.3 Å². The van der Waals surface area contributed by atoms with Crippen LogP contribution in [0.1, 0.15) is 41.9 Å². The second-order valence-electron chi connectivity index (χ2n) is 7.98. The van der Waals surface area contributed by atoms with Crippen LogP contribution < -0.4 is 26.2 Å². The number of nitrogens with one attached hydrogen (secondary N) is 2. The fourth-order valence-electron chi connectivity index (χ4n) is 4.05. The van der Waals surface area contributed by atoms with E-state index in [1.807, 2.05) is 37.3 Å². The SMILES string of the molecule is CC[C@@H](Nc1c(Nc2ccnc(C(=O)N3CC[C@H](O)C3)c2OC)c(=O)c1=O)c1ccccc1. The number of amides is 1. The minimum atomic E-state index is -0.644. The summed E-state index contributed by atoms with van der Waals surface area (Å²) >= 11 is 0. The molecule has 1 aromatic heterocycles. The standard InChI is InChI=1S/C24H26N4O5/c1-3-16(14-7-5-4-6-8-14)26-18-19(22(31)21(18)30)27-17-9-11-25-20(23(17)33-2)24(32)28-12-10-15(29)13-28/h4-9,11,15-16,26,29H,3,10,12-13H2,1-2H3,(H,25,27)/t15-,16+/m0/s1. The molecule has 1 aliphatic heterocycles. The number of ether oxygens (including phenoxy) is 1. The first-order chi connectivity index (χ1) is 15.9. The molecule has 3 aromatic rings. The molecule has 0 bridgehead atoms. The highest BCUT2D eigenvalue weighted by atomic mass is 16.5. The van der Waals surface area contributed by atoms with Crippen molar-refractivity contribution < 1.29 is 14.6 Å². The molecule has 1 amide bonds. The van der Waals surface area contributed by atoms with Crippen molar-refractivity contribution >= 4 is 23.0 Å². The molecule has 1 saturated heterocycles. The van der Waals surface area contributed by atoms with Gasteiger partial charge in [-0.1, -0.05) is 37.3 Å². The van der Waals surface area contributed by atoms with E-state index in [0.717, 1.165) is 5.56 Å². The second kappa shape index (κ2) is 9.41. The lowest BCUT2D eigenvalue weighted by atomic mass is 10.0. The van der Waals surface area contributed by atoms with Crippen molar-refractivity contribution in [2.75, 3.05) is 30.8 Å². The molecule has 172 valence electrons. The fraction of sp³-hybridized carbons (Fsp3) is 0.333. The zero-order valence-corrected chi connectivity index (χ0v) is 18.5. The van der Waals surface area contributed by atoms with Gasteiger partial charge in [-0.15, -0.1) is 0 Å². The summed E-state index contributed by atoms with van der Waals surface area (Å²) in [5.74, 6) is -0.205. The van der Waals surface area contributed by atoms with Crippen molar-refractivity contribution in [1.82, 2.24) is 9.88 Å². The Labute approximate surface area is 190 Å². The molecule has 0 aliphatic carbocycles. The number of aromatic nitrogens is 1. The Hall–Kier alpha value is -3.72. The number of pyridine rings is 1. The van der Waals surface area contributed by atoms with Gasteiger partial charge in [0.15, 0.2) is 11.4 Å². The normalized spacial score (nSPS) is 16.6. The first-order valence-corrected chi connectivity index (χ1v) is 10.9. The van der Waals surface area contributed by atoms with Crippen molar-refractivity contribution in [3.8, 4) is 5.75 Å². The largest absolute Gasteiger partial charge is 0.492 e. The van der Waals surface area contributed by atoms with Crippen LogP contribution in [-0.4, -0.2) is 47.2 Å². The molecule has 9 nitrogen and oxygen atoms in total. The second-order valence-corrected chi connectivity index (χ2v) is 7.98. The number of benzene rings is 1. The average Bonchev–Trinajstić information content (AvgIpc) is 3.29.